The Kier molecular flexibility index (Phi) is 4.46. The number of allylic oxidation sites excluding steroid dienone is 2. The highest BCUT2D eigenvalue weighted by atomic mass is 35.5. The van der Waals surface area contributed by atoms with E-state index < -0.39 is 13.9 Å². The number of halogens is 3. The average molecular weight is 408 g/mol. The Hall–Kier alpha value is -1.96. The topological polar surface area (TPSA) is 55.1 Å². The van der Waals surface area contributed by atoms with Gasteiger partial charge in [-0.15, -0.1) is 0 Å². The Balaban J connectivity index is 1.87. The SMILES string of the molecule is C[Si]1(CNc2c(-c3c(F)cccc3Cl)c(Cl)nc3ncnn23)CC=CC1. The van der Waals surface area contributed by atoms with Crippen molar-refractivity contribution in [1.82, 2.24) is 19.6 Å². The zero-order chi connectivity index (χ0) is 18.3. The van der Waals surface area contributed by atoms with E-state index in [0.29, 0.717) is 17.2 Å². The lowest BCUT2D eigenvalue weighted by Gasteiger charge is -2.24. The van der Waals surface area contributed by atoms with E-state index >= 15 is 0 Å². The number of benzene rings is 1. The Bertz CT molecular complexity index is 992. The van der Waals surface area contributed by atoms with Gasteiger partial charge < -0.3 is 5.32 Å². The highest BCUT2D eigenvalue weighted by molar-refractivity contribution is 6.80. The van der Waals surface area contributed by atoms with Crippen LogP contribution in [0.2, 0.25) is 28.8 Å². The largest absolute Gasteiger partial charge is 0.372 e. The van der Waals surface area contributed by atoms with Crippen molar-refractivity contribution in [3.63, 3.8) is 0 Å². The third-order valence-electron chi connectivity index (χ3n) is 4.67. The maximum Gasteiger partial charge on any atom is 0.255 e. The van der Waals surface area contributed by atoms with Crippen LogP contribution < -0.4 is 5.32 Å². The van der Waals surface area contributed by atoms with Crippen molar-refractivity contribution in [3.05, 3.63) is 52.7 Å². The number of fused-ring (bicyclic) bond motifs is 1. The highest BCUT2D eigenvalue weighted by Crippen LogP contribution is 2.40. The molecule has 0 aliphatic carbocycles. The average Bonchev–Trinajstić information content (AvgIpc) is 3.23. The molecule has 3 heterocycles. The number of anilines is 1. The second-order valence-corrected chi connectivity index (χ2v) is 12.3. The molecule has 0 saturated carbocycles. The van der Waals surface area contributed by atoms with Crippen molar-refractivity contribution in [3.8, 4) is 11.1 Å². The summed E-state index contributed by atoms with van der Waals surface area (Å²) in [7, 11) is -1.48. The van der Waals surface area contributed by atoms with Crippen LogP contribution in [0.4, 0.5) is 10.2 Å². The standard InChI is InChI=1S/C17H16Cl2FN5Si/c1-26(7-2-3-8-26)10-22-16-14(13-11(18)5-4-6-12(13)20)15(19)24-17-21-9-23-25(16)17/h2-6,9,22H,7-8,10H2,1H3. The molecule has 0 bridgehead atoms. The van der Waals surface area contributed by atoms with Crippen LogP contribution in [0.15, 0.2) is 36.7 Å². The quantitative estimate of drug-likeness (QED) is 0.382. The molecule has 0 saturated heterocycles. The molecule has 4 rings (SSSR count). The summed E-state index contributed by atoms with van der Waals surface area (Å²) in [4.78, 5) is 8.35. The van der Waals surface area contributed by atoms with Crippen LogP contribution in [-0.4, -0.2) is 33.8 Å². The Morgan fingerprint density at radius 2 is 2.00 bits per heavy atom. The lowest BCUT2D eigenvalue weighted by molar-refractivity contribution is 0.631. The van der Waals surface area contributed by atoms with Crippen LogP contribution >= 0.6 is 23.2 Å². The van der Waals surface area contributed by atoms with Gasteiger partial charge >= 0.3 is 0 Å². The lowest BCUT2D eigenvalue weighted by atomic mass is 10.1. The second kappa shape index (κ2) is 6.64. The smallest absolute Gasteiger partial charge is 0.255 e. The van der Waals surface area contributed by atoms with Gasteiger partial charge in [-0.05, 0) is 24.2 Å². The fourth-order valence-electron chi connectivity index (χ4n) is 3.20. The molecular formula is C17H16Cl2FN5Si. The summed E-state index contributed by atoms with van der Waals surface area (Å²) in [6.45, 7) is 2.33. The minimum absolute atomic E-state index is 0.136. The fraction of sp³-hybridized carbons (Fsp3) is 0.235. The molecule has 5 nitrogen and oxygen atoms in total. The fourth-order valence-corrected chi connectivity index (χ4v) is 6.24. The molecule has 3 aromatic rings. The number of nitrogens with zero attached hydrogens (tertiary/aromatic N) is 4. The van der Waals surface area contributed by atoms with Crippen LogP contribution in [0, 0.1) is 5.82 Å². The van der Waals surface area contributed by atoms with E-state index in [2.05, 4.69) is 39.1 Å². The maximum absolute atomic E-state index is 14.6. The van der Waals surface area contributed by atoms with Crippen LogP contribution in [0.3, 0.4) is 0 Å². The van der Waals surface area contributed by atoms with Crippen molar-refractivity contribution >= 4 is 42.9 Å². The Morgan fingerprint density at radius 1 is 1.23 bits per heavy atom. The van der Waals surface area contributed by atoms with Crippen molar-refractivity contribution in [2.24, 2.45) is 0 Å². The molecule has 1 aliphatic rings. The van der Waals surface area contributed by atoms with E-state index in [1.165, 1.54) is 12.4 Å². The summed E-state index contributed by atoms with van der Waals surface area (Å²) >= 11 is 12.7. The molecule has 2 aromatic heterocycles. The number of hydrogen-bond acceptors (Lipinski definition) is 4. The van der Waals surface area contributed by atoms with Gasteiger partial charge in [-0.2, -0.15) is 19.6 Å². The van der Waals surface area contributed by atoms with E-state index in [4.69, 9.17) is 23.2 Å². The number of nitrogens with one attached hydrogen (secondary N) is 1. The minimum atomic E-state index is -1.48. The molecule has 1 aromatic carbocycles. The molecule has 0 fully saturated rings. The third-order valence-corrected chi connectivity index (χ3v) is 8.73. The molecular weight excluding hydrogens is 392 g/mol. The van der Waals surface area contributed by atoms with Gasteiger partial charge in [0.05, 0.1) is 18.7 Å². The van der Waals surface area contributed by atoms with Gasteiger partial charge in [0.2, 0.25) is 0 Å². The van der Waals surface area contributed by atoms with Crippen LogP contribution in [0.5, 0.6) is 0 Å². The molecule has 1 aliphatic heterocycles. The minimum Gasteiger partial charge on any atom is -0.372 e. The number of hydrogen-bond donors (Lipinski definition) is 1. The first-order valence-corrected chi connectivity index (χ1v) is 12.1. The highest BCUT2D eigenvalue weighted by Gasteiger charge is 2.29. The van der Waals surface area contributed by atoms with E-state index in [1.807, 2.05) is 0 Å². The van der Waals surface area contributed by atoms with Gasteiger partial charge in [-0.25, -0.2) is 4.39 Å². The van der Waals surface area contributed by atoms with Crippen molar-refractivity contribution < 1.29 is 4.39 Å². The Morgan fingerprint density at radius 3 is 2.73 bits per heavy atom. The van der Waals surface area contributed by atoms with Gasteiger partial charge in [0.15, 0.2) is 0 Å². The normalized spacial score (nSPS) is 15.7. The van der Waals surface area contributed by atoms with Gasteiger partial charge in [0.25, 0.3) is 5.78 Å². The van der Waals surface area contributed by atoms with E-state index in [1.54, 1.807) is 16.6 Å². The maximum atomic E-state index is 14.6. The first kappa shape index (κ1) is 17.5. The Labute approximate surface area is 160 Å². The predicted octanol–water partition coefficient (Wildman–Crippen LogP) is 4.84. The first-order valence-electron chi connectivity index (χ1n) is 8.21. The molecule has 0 radical (unpaired) electrons. The zero-order valence-corrected chi connectivity index (χ0v) is 16.5. The van der Waals surface area contributed by atoms with Gasteiger partial charge in [0.1, 0.15) is 23.1 Å². The van der Waals surface area contributed by atoms with Gasteiger partial charge in [0, 0.05) is 11.7 Å². The first-order chi connectivity index (χ1) is 12.5. The van der Waals surface area contributed by atoms with Crippen molar-refractivity contribution in [1.29, 1.82) is 0 Å². The molecule has 26 heavy (non-hydrogen) atoms. The summed E-state index contributed by atoms with van der Waals surface area (Å²) in [5.74, 6) is 0.449. The van der Waals surface area contributed by atoms with Crippen molar-refractivity contribution in [2.45, 2.75) is 18.6 Å². The monoisotopic (exact) mass is 407 g/mol. The summed E-state index contributed by atoms with van der Waals surface area (Å²) in [5, 5.41) is 8.08. The predicted molar refractivity (Wildman–Crippen MR) is 105 cm³/mol. The van der Waals surface area contributed by atoms with Crippen molar-refractivity contribution in [2.75, 3.05) is 11.5 Å². The summed E-state index contributed by atoms with van der Waals surface area (Å²) in [6.07, 6.45) is 6.65. The molecule has 0 atom stereocenters. The zero-order valence-electron chi connectivity index (χ0n) is 14.0. The summed E-state index contributed by atoms with van der Waals surface area (Å²) < 4.78 is 16.1. The van der Waals surface area contributed by atoms with E-state index in [9.17, 15) is 4.39 Å². The summed E-state index contributed by atoms with van der Waals surface area (Å²) in [5.41, 5.74) is 0.610. The van der Waals surface area contributed by atoms with Crippen LogP contribution in [0.1, 0.15) is 0 Å². The molecule has 0 unspecified atom stereocenters. The van der Waals surface area contributed by atoms with Gasteiger partial charge in [-0.1, -0.05) is 48.0 Å². The molecule has 1 N–H and O–H groups in total. The molecule has 134 valence electrons. The number of rotatable bonds is 4. The van der Waals surface area contributed by atoms with E-state index in [-0.39, 0.29) is 15.7 Å². The number of aromatic nitrogens is 4. The van der Waals surface area contributed by atoms with Gasteiger partial charge in [-0.3, -0.25) is 0 Å². The third kappa shape index (κ3) is 3.00. The summed E-state index contributed by atoms with van der Waals surface area (Å²) in [6, 6.07) is 6.75. The van der Waals surface area contributed by atoms with Crippen LogP contribution in [-0.2, 0) is 0 Å². The van der Waals surface area contributed by atoms with Crippen LogP contribution in [0.25, 0.3) is 16.9 Å². The molecule has 0 amide bonds. The second-order valence-electron chi connectivity index (χ2n) is 6.74. The van der Waals surface area contributed by atoms with E-state index in [0.717, 1.165) is 18.3 Å². The molecule has 9 heteroatoms. The lowest BCUT2D eigenvalue weighted by Crippen LogP contribution is -2.36. The molecule has 0 spiro atoms.